The summed E-state index contributed by atoms with van der Waals surface area (Å²) in [4.78, 5) is 2.42. The van der Waals surface area contributed by atoms with Gasteiger partial charge in [-0.25, -0.2) is 0 Å². The summed E-state index contributed by atoms with van der Waals surface area (Å²) >= 11 is 0. The van der Waals surface area contributed by atoms with Crippen LogP contribution in [-0.4, -0.2) is 48.3 Å². The Bertz CT molecular complexity index is 161. The van der Waals surface area contributed by atoms with Gasteiger partial charge < -0.3 is 10.4 Å². The van der Waals surface area contributed by atoms with Gasteiger partial charge in [-0.15, -0.1) is 0 Å². The quantitative estimate of drug-likeness (QED) is 0.685. The minimum absolute atomic E-state index is 0.269. The van der Waals surface area contributed by atoms with Crippen LogP contribution in [0.3, 0.4) is 0 Å². The van der Waals surface area contributed by atoms with Crippen LogP contribution in [0.5, 0.6) is 0 Å². The molecule has 0 saturated carbocycles. The highest BCUT2D eigenvalue weighted by Gasteiger charge is 2.31. The first-order valence-electron chi connectivity index (χ1n) is 5.78. The summed E-state index contributed by atoms with van der Waals surface area (Å²) < 4.78 is 0. The third kappa shape index (κ3) is 2.69. The first-order chi connectivity index (χ1) is 6.70. The molecule has 2 N–H and O–H groups in total. The first kappa shape index (κ1) is 12.0. The van der Waals surface area contributed by atoms with Crippen LogP contribution in [0.25, 0.3) is 0 Å². The Labute approximate surface area is 87.5 Å². The Hall–Kier alpha value is -0.120. The first-order valence-corrected chi connectivity index (χ1v) is 5.78. The fourth-order valence-corrected chi connectivity index (χ4v) is 2.45. The van der Waals surface area contributed by atoms with Gasteiger partial charge in [0, 0.05) is 25.2 Å². The van der Waals surface area contributed by atoms with E-state index in [9.17, 15) is 0 Å². The summed E-state index contributed by atoms with van der Waals surface area (Å²) in [6.45, 7) is 9.96. The summed E-state index contributed by atoms with van der Waals surface area (Å²) in [6.07, 6.45) is 1.23. The van der Waals surface area contributed by atoms with Crippen molar-refractivity contribution in [2.75, 3.05) is 26.2 Å². The molecule has 0 aromatic carbocycles. The minimum atomic E-state index is 0.269. The summed E-state index contributed by atoms with van der Waals surface area (Å²) in [5.41, 5.74) is 0. The van der Waals surface area contributed by atoms with E-state index < -0.39 is 0 Å². The van der Waals surface area contributed by atoms with Crippen molar-refractivity contribution in [1.29, 1.82) is 0 Å². The molecule has 0 radical (unpaired) electrons. The van der Waals surface area contributed by atoms with Crippen LogP contribution < -0.4 is 5.32 Å². The highest BCUT2D eigenvalue weighted by molar-refractivity contribution is 4.89. The van der Waals surface area contributed by atoms with Crippen LogP contribution in [0.1, 0.15) is 27.2 Å². The van der Waals surface area contributed by atoms with Crippen molar-refractivity contribution in [2.45, 2.75) is 39.3 Å². The normalized spacial score (nSPS) is 27.9. The summed E-state index contributed by atoms with van der Waals surface area (Å²) in [7, 11) is 0. The minimum Gasteiger partial charge on any atom is -0.395 e. The molecule has 0 bridgehead atoms. The predicted molar refractivity (Wildman–Crippen MR) is 59.4 cm³/mol. The number of nitrogens with one attached hydrogen (secondary N) is 1. The SMILES string of the molecule is CCC1CNCC1N(CCO)C(C)C. The standard InChI is InChI=1S/C11H24N2O/c1-4-10-7-12-8-11(10)13(5-6-14)9(2)3/h9-12,14H,4-8H2,1-3H3. The fourth-order valence-electron chi connectivity index (χ4n) is 2.45. The molecule has 84 valence electrons. The monoisotopic (exact) mass is 200 g/mol. The van der Waals surface area contributed by atoms with E-state index in [-0.39, 0.29) is 6.61 Å². The molecule has 1 saturated heterocycles. The van der Waals surface area contributed by atoms with Crippen molar-refractivity contribution in [3.8, 4) is 0 Å². The zero-order valence-electron chi connectivity index (χ0n) is 9.66. The molecule has 0 spiro atoms. The maximum atomic E-state index is 9.04. The molecule has 1 fully saturated rings. The van der Waals surface area contributed by atoms with Crippen LogP contribution in [0.2, 0.25) is 0 Å². The molecule has 14 heavy (non-hydrogen) atoms. The van der Waals surface area contributed by atoms with Crippen LogP contribution in [0, 0.1) is 5.92 Å². The van der Waals surface area contributed by atoms with E-state index in [1.54, 1.807) is 0 Å². The Morgan fingerprint density at radius 3 is 2.64 bits per heavy atom. The molecule has 1 heterocycles. The van der Waals surface area contributed by atoms with Gasteiger partial charge in [0.2, 0.25) is 0 Å². The van der Waals surface area contributed by atoms with Gasteiger partial charge >= 0.3 is 0 Å². The smallest absolute Gasteiger partial charge is 0.0558 e. The third-order valence-electron chi connectivity index (χ3n) is 3.28. The second kappa shape index (κ2) is 5.69. The molecule has 1 aliphatic rings. The number of aliphatic hydroxyl groups excluding tert-OH is 1. The number of hydrogen-bond donors (Lipinski definition) is 2. The van der Waals surface area contributed by atoms with E-state index in [2.05, 4.69) is 31.0 Å². The van der Waals surface area contributed by atoms with Gasteiger partial charge in [-0.1, -0.05) is 13.3 Å². The molecule has 3 heteroatoms. The molecule has 2 atom stereocenters. The van der Waals surface area contributed by atoms with E-state index in [1.165, 1.54) is 6.42 Å². The van der Waals surface area contributed by atoms with Gasteiger partial charge in [-0.05, 0) is 26.3 Å². The molecular weight excluding hydrogens is 176 g/mol. The molecule has 0 aliphatic carbocycles. The second-order valence-corrected chi connectivity index (χ2v) is 4.45. The molecular formula is C11H24N2O. The van der Waals surface area contributed by atoms with Crippen molar-refractivity contribution in [1.82, 2.24) is 10.2 Å². The molecule has 2 unspecified atom stereocenters. The van der Waals surface area contributed by atoms with Crippen LogP contribution >= 0.6 is 0 Å². The lowest BCUT2D eigenvalue weighted by Gasteiger charge is -2.34. The lowest BCUT2D eigenvalue weighted by molar-refractivity contribution is 0.102. The highest BCUT2D eigenvalue weighted by atomic mass is 16.3. The zero-order chi connectivity index (χ0) is 10.6. The Morgan fingerprint density at radius 2 is 2.14 bits per heavy atom. The van der Waals surface area contributed by atoms with Crippen LogP contribution in [0.15, 0.2) is 0 Å². The predicted octanol–water partition coefficient (Wildman–Crippen LogP) is 0.687. The van der Waals surface area contributed by atoms with E-state index >= 15 is 0 Å². The summed E-state index contributed by atoms with van der Waals surface area (Å²) in [5.74, 6) is 0.754. The third-order valence-corrected chi connectivity index (χ3v) is 3.28. The van der Waals surface area contributed by atoms with Gasteiger partial charge in [0.15, 0.2) is 0 Å². The Balaban J connectivity index is 2.57. The Kier molecular flexibility index (Phi) is 4.85. The van der Waals surface area contributed by atoms with Crippen molar-refractivity contribution in [3.63, 3.8) is 0 Å². The molecule has 0 aromatic heterocycles. The number of rotatable bonds is 5. The lowest BCUT2D eigenvalue weighted by atomic mass is 9.98. The van der Waals surface area contributed by atoms with Gasteiger partial charge in [-0.2, -0.15) is 0 Å². The second-order valence-electron chi connectivity index (χ2n) is 4.45. The average Bonchev–Trinajstić information content (AvgIpc) is 2.61. The number of nitrogens with zero attached hydrogens (tertiary/aromatic N) is 1. The molecule has 1 aliphatic heterocycles. The van der Waals surface area contributed by atoms with Gasteiger partial charge in [-0.3, -0.25) is 4.90 Å². The van der Waals surface area contributed by atoms with Crippen molar-refractivity contribution in [2.24, 2.45) is 5.92 Å². The van der Waals surface area contributed by atoms with Gasteiger partial charge in [0.25, 0.3) is 0 Å². The van der Waals surface area contributed by atoms with Crippen LogP contribution in [0.4, 0.5) is 0 Å². The summed E-state index contributed by atoms with van der Waals surface area (Å²) in [5, 5.41) is 12.5. The molecule has 0 amide bonds. The molecule has 3 nitrogen and oxygen atoms in total. The van der Waals surface area contributed by atoms with E-state index in [0.29, 0.717) is 12.1 Å². The topological polar surface area (TPSA) is 35.5 Å². The largest absolute Gasteiger partial charge is 0.395 e. The highest BCUT2D eigenvalue weighted by Crippen LogP contribution is 2.20. The van der Waals surface area contributed by atoms with Crippen molar-refractivity contribution >= 4 is 0 Å². The number of hydrogen-bond acceptors (Lipinski definition) is 3. The van der Waals surface area contributed by atoms with Crippen molar-refractivity contribution < 1.29 is 5.11 Å². The van der Waals surface area contributed by atoms with Crippen molar-refractivity contribution in [3.05, 3.63) is 0 Å². The maximum Gasteiger partial charge on any atom is 0.0558 e. The van der Waals surface area contributed by atoms with Gasteiger partial charge in [0.1, 0.15) is 0 Å². The fraction of sp³-hybridized carbons (Fsp3) is 1.00. The molecule has 1 rings (SSSR count). The van der Waals surface area contributed by atoms with Crippen LogP contribution in [-0.2, 0) is 0 Å². The molecule has 0 aromatic rings. The van der Waals surface area contributed by atoms with E-state index in [0.717, 1.165) is 25.6 Å². The summed E-state index contributed by atoms with van der Waals surface area (Å²) in [6, 6.07) is 1.15. The number of aliphatic hydroxyl groups is 1. The van der Waals surface area contributed by atoms with E-state index in [1.807, 2.05) is 0 Å². The lowest BCUT2D eigenvalue weighted by Crippen LogP contribution is -2.46. The van der Waals surface area contributed by atoms with Gasteiger partial charge in [0.05, 0.1) is 6.61 Å². The zero-order valence-corrected chi connectivity index (χ0v) is 9.66. The average molecular weight is 200 g/mol. The Morgan fingerprint density at radius 1 is 1.43 bits per heavy atom. The maximum absolute atomic E-state index is 9.04. The van der Waals surface area contributed by atoms with E-state index in [4.69, 9.17) is 5.11 Å².